The second-order valence-electron chi connectivity index (χ2n) is 7.21. The van der Waals surface area contributed by atoms with Crippen LogP contribution in [0.3, 0.4) is 0 Å². The lowest BCUT2D eigenvalue weighted by Gasteiger charge is -2.33. The van der Waals surface area contributed by atoms with Gasteiger partial charge in [-0.15, -0.1) is 0 Å². The number of nitrogens with one attached hydrogen (secondary N) is 2. The topological polar surface area (TPSA) is 64.7 Å². The monoisotopic (exact) mass is 322 g/mol. The van der Waals surface area contributed by atoms with E-state index in [1.807, 2.05) is 11.8 Å². The molecule has 130 valence electrons. The van der Waals surface area contributed by atoms with Gasteiger partial charge < -0.3 is 15.5 Å². The molecule has 3 aliphatic rings. The highest BCUT2D eigenvalue weighted by atomic mass is 16.2. The van der Waals surface area contributed by atoms with Gasteiger partial charge in [0.1, 0.15) is 5.54 Å². The van der Waals surface area contributed by atoms with Crippen LogP contribution in [0.4, 0.5) is 4.79 Å². The van der Waals surface area contributed by atoms with E-state index in [1.54, 1.807) is 0 Å². The molecule has 6 nitrogen and oxygen atoms in total. The molecule has 3 amide bonds. The Bertz CT molecular complexity index is 442. The molecule has 3 rings (SSSR count). The Kier molecular flexibility index (Phi) is 5.09. The summed E-state index contributed by atoms with van der Waals surface area (Å²) in [5, 5.41) is 5.77. The van der Waals surface area contributed by atoms with E-state index < -0.39 is 5.54 Å². The fourth-order valence-electron chi connectivity index (χ4n) is 4.43. The van der Waals surface area contributed by atoms with E-state index in [2.05, 4.69) is 15.5 Å². The lowest BCUT2D eigenvalue weighted by molar-refractivity contribution is -0.137. The fourth-order valence-corrected chi connectivity index (χ4v) is 4.43. The van der Waals surface area contributed by atoms with Gasteiger partial charge in [-0.1, -0.05) is 12.8 Å². The number of carbonyl (C=O) groups excluding carboxylic acids is 2. The van der Waals surface area contributed by atoms with E-state index in [0.717, 1.165) is 45.2 Å². The summed E-state index contributed by atoms with van der Waals surface area (Å²) in [7, 11) is 0. The molecule has 1 aliphatic carbocycles. The summed E-state index contributed by atoms with van der Waals surface area (Å²) < 4.78 is 0. The maximum Gasteiger partial charge on any atom is 0.315 e. The Balaban J connectivity index is 1.63. The summed E-state index contributed by atoms with van der Waals surface area (Å²) in [6.07, 6.45) is 7.22. The molecule has 1 atom stereocenters. The second kappa shape index (κ2) is 7.07. The number of rotatable bonds is 4. The van der Waals surface area contributed by atoms with E-state index >= 15 is 0 Å². The van der Waals surface area contributed by atoms with Crippen molar-refractivity contribution in [1.29, 1.82) is 0 Å². The molecule has 3 fully saturated rings. The fraction of sp³-hybridized carbons (Fsp3) is 0.882. The molecule has 0 spiro atoms. The Morgan fingerprint density at radius 1 is 1.09 bits per heavy atom. The normalized spacial score (nSPS) is 27.3. The number of amides is 3. The lowest BCUT2D eigenvalue weighted by Crippen LogP contribution is -2.60. The Labute approximate surface area is 139 Å². The minimum Gasteiger partial charge on any atom is -0.339 e. The van der Waals surface area contributed by atoms with Crippen LogP contribution in [0, 0.1) is 0 Å². The van der Waals surface area contributed by atoms with Crippen molar-refractivity contribution in [2.24, 2.45) is 0 Å². The van der Waals surface area contributed by atoms with Crippen molar-refractivity contribution in [3.63, 3.8) is 0 Å². The highest BCUT2D eigenvalue weighted by molar-refractivity contribution is 5.91. The number of hydrogen-bond donors (Lipinski definition) is 2. The Morgan fingerprint density at radius 2 is 1.78 bits per heavy atom. The molecule has 1 unspecified atom stereocenters. The van der Waals surface area contributed by atoms with Crippen LogP contribution >= 0.6 is 0 Å². The van der Waals surface area contributed by atoms with Gasteiger partial charge in [-0.2, -0.15) is 0 Å². The van der Waals surface area contributed by atoms with Crippen molar-refractivity contribution >= 4 is 11.9 Å². The van der Waals surface area contributed by atoms with E-state index in [-0.39, 0.29) is 11.9 Å². The molecule has 6 heteroatoms. The quantitative estimate of drug-likeness (QED) is 0.820. The van der Waals surface area contributed by atoms with Gasteiger partial charge in [0.2, 0.25) is 5.91 Å². The molecular formula is C17H30N4O2. The summed E-state index contributed by atoms with van der Waals surface area (Å²) in [4.78, 5) is 29.7. The first-order chi connectivity index (χ1) is 11.1. The third-order valence-electron chi connectivity index (χ3n) is 5.66. The molecule has 0 aromatic heterocycles. The number of urea groups is 1. The van der Waals surface area contributed by atoms with Crippen LogP contribution in [0.25, 0.3) is 0 Å². The van der Waals surface area contributed by atoms with Crippen LogP contribution in [0.5, 0.6) is 0 Å². The molecule has 2 N–H and O–H groups in total. The van der Waals surface area contributed by atoms with Crippen molar-refractivity contribution in [1.82, 2.24) is 20.4 Å². The van der Waals surface area contributed by atoms with Gasteiger partial charge in [-0.3, -0.25) is 9.69 Å². The minimum absolute atomic E-state index is 0.142. The third-order valence-corrected chi connectivity index (χ3v) is 5.66. The zero-order valence-corrected chi connectivity index (χ0v) is 14.3. The second-order valence-corrected chi connectivity index (χ2v) is 7.21. The summed E-state index contributed by atoms with van der Waals surface area (Å²) in [5.74, 6) is 0.142. The zero-order chi connectivity index (χ0) is 16.3. The molecular weight excluding hydrogens is 292 g/mol. The average Bonchev–Trinajstić information content (AvgIpc) is 3.28. The van der Waals surface area contributed by atoms with Gasteiger partial charge in [0.15, 0.2) is 0 Å². The molecule has 2 saturated heterocycles. The largest absolute Gasteiger partial charge is 0.339 e. The van der Waals surface area contributed by atoms with Crippen LogP contribution in [0.1, 0.15) is 51.9 Å². The first kappa shape index (κ1) is 16.6. The maximum atomic E-state index is 13.1. The van der Waals surface area contributed by atoms with E-state index in [9.17, 15) is 9.59 Å². The zero-order valence-electron chi connectivity index (χ0n) is 14.3. The summed E-state index contributed by atoms with van der Waals surface area (Å²) in [5.41, 5.74) is -0.668. The van der Waals surface area contributed by atoms with Crippen LogP contribution < -0.4 is 10.6 Å². The maximum absolute atomic E-state index is 13.1. The van der Waals surface area contributed by atoms with Gasteiger partial charge in [0.25, 0.3) is 0 Å². The molecule has 0 aromatic carbocycles. The lowest BCUT2D eigenvalue weighted by atomic mass is 9.95. The van der Waals surface area contributed by atoms with Crippen molar-refractivity contribution in [3.05, 3.63) is 0 Å². The summed E-state index contributed by atoms with van der Waals surface area (Å²) in [6, 6.07) is 0.308. The van der Waals surface area contributed by atoms with Crippen molar-refractivity contribution in [2.75, 3.05) is 32.7 Å². The van der Waals surface area contributed by atoms with E-state index in [4.69, 9.17) is 0 Å². The van der Waals surface area contributed by atoms with Gasteiger partial charge in [-0.25, -0.2) is 4.79 Å². The number of nitrogens with zero attached hydrogens (tertiary/aromatic N) is 2. The van der Waals surface area contributed by atoms with Crippen molar-refractivity contribution < 1.29 is 9.59 Å². The van der Waals surface area contributed by atoms with E-state index in [1.165, 1.54) is 25.9 Å². The van der Waals surface area contributed by atoms with Crippen LogP contribution in [-0.4, -0.2) is 66.0 Å². The van der Waals surface area contributed by atoms with Crippen LogP contribution in [0.15, 0.2) is 0 Å². The number of likely N-dealkylation sites (tertiary alicyclic amines) is 2. The predicted molar refractivity (Wildman–Crippen MR) is 89.2 cm³/mol. The Morgan fingerprint density at radius 3 is 2.43 bits per heavy atom. The standard InChI is InChI=1S/C17H30N4O2/c1-2-18-16(23)19-17(8-3-4-9-17)15(22)21-12-7-14(13-21)20-10-5-6-11-20/h14H,2-13H2,1H3,(H2,18,19,23). The molecule has 0 bridgehead atoms. The third kappa shape index (κ3) is 3.47. The highest BCUT2D eigenvalue weighted by Crippen LogP contribution is 2.33. The van der Waals surface area contributed by atoms with Crippen molar-refractivity contribution in [2.45, 2.75) is 63.5 Å². The molecule has 2 aliphatic heterocycles. The minimum atomic E-state index is -0.668. The van der Waals surface area contributed by atoms with E-state index in [0.29, 0.717) is 12.6 Å². The molecule has 1 saturated carbocycles. The highest BCUT2D eigenvalue weighted by Gasteiger charge is 2.46. The van der Waals surface area contributed by atoms with Crippen LogP contribution in [-0.2, 0) is 4.79 Å². The Hall–Kier alpha value is -1.30. The predicted octanol–water partition coefficient (Wildman–Crippen LogP) is 1.32. The molecule has 0 aromatic rings. The van der Waals surface area contributed by atoms with Gasteiger partial charge in [0, 0.05) is 25.7 Å². The van der Waals surface area contributed by atoms with Gasteiger partial charge >= 0.3 is 6.03 Å². The molecule has 2 heterocycles. The summed E-state index contributed by atoms with van der Waals surface area (Å²) >= 11 is 0. The van der Waals surface area contributed by atoms with Gasteiger partial charge in [0.05, 0.1) is 0 Å². The first-order valence-corrected chi connectivity index (χ1v) is 9.24. The van der Waals surface area contributed by atoms with Crippen molar-refractivity contribution in [3.8, 4) is 0 Å². The van der Waals surface area contributed by atoms with Crippen LogP contribution in [0.2, 0.25) is 0 Å². The molecule has 0 radical (unpaired) electrons. The SMILES string of the molecule is CCNC(=O)NC1(C(=O)N2CCC(N3CCCC3)C2)CCCC1. The van der Waals surface area contributed by atoms with Gasteiger partial charge in [-0.05, 0) is 52.1 Å². The average molecular weight is 322 g/mol. The summed E-state index contributed by atoms with van der Waals surface area (Å²) in [6.45, 7) is 6.49. The first-order valence-electron chi connectivity index (χ1n) is 9.24. The molecule has 23 heavy (non-hydrogen) atoms. The number of hydrogen-bond acceptors (Lipinski definition) is 3. The number of carbonyl (C=O) groups is 2. The smallest absolute Gasteiger partial charge is 0.315 e.